The molecule has 2 aromatic heterocycles. The zero-order valence-corrected chi connectivity index (χ0v) is 20.7. The lowest BCUT2D eigenvalue weighted by Gasteiger charge is -2.10. The van der Waals surface area contributed by atoms with Gasteiger partial charge in [0.1, 0.15) is 11.5 Å². The van der Waals surface area contributed by atoms with Crippen LogP contribution in [0.3, 0.4) is 0 Å². The summed E-state index contributed by atoms with van der Waals surface area (Å²) in [6.45, 7) is 0. The highest BCUT2D eigenvalue weighted by Gasteiger charge is 2.35. The number of benzene rings is 3. The average molecular weight is 571 g/mol. The van der Waals surface area contributed by atoms with Crippen molar-refractivity contribution < 1.29 is 32.7 Å². The fraction of sp³-hybridized carbons (Fsp3) is 0.0385. The largest absolute Gasteiger partial charge is 0.698 e. The van der Waals surface area contributed by atoms with Crippen molar-refractivity contribution in [3.63, 3.8) is 0 Å². The van der Waals surface area contributed by atoms with Crippen LogP contribution in [0.2, 0.25) is 5.02 Å². The quantitative estimate of drug-likeness (QED) is 0.167. The second-order valence-electron chi connectivity index (χ2n) is 8.02. The molecule has 0 amide bonds. The molecule has 5 rings (SSSR count). The Labute approximate surface area is 228 Å². The van der Waals surface area contributed by atoms with Gasteiger partial charge in [0.15, 0.2) is 17.0 Å². The number of rotatable bonds is 5. The number of carbonyl (C=O) groups is 1. The Hall–Kier alpha value is -5.17. The number of nitro groups is 1. The van der Waals surface area contributed by atoms with Crippen LogP contribution >= 0.6 is 11.6 Å². The van der Waals surface area contributed by atoms with Crippen LogP contribution in [0.1, 0.15) is 16.2 Å². The molecule has 0 saturated heterocycles. The van der Waals surface area contributed by atoms with Crippen molar-refractivity contribution in [2.45, 2.75) is 6.18 Å². The van der Waals surface area contributed by atoms with E-state index < -0.39 is 28.5 Å². The lowest BCUT2D eigenvalue weighted by Crippen LogP contribution is -2.14. The first-order valence-corrected chi connectivity index (χ1v) is 11.5. The van der Waals surface area contributed by atoms with Crippen molar-refractivity contribution in [3.05, 3.63) is 117 Å². The molecule has 14 heteroatoms. The van der Waals surface area contributed by atoms with Gasteiger partial charge < -0.3 is 15.6 Å². The van der Waals surface area contributed by atoms with Crippen molar-refractivity contribution in [2.75, 3.05) is 0 Å². The zero-order valence-electron chi connectivity index (χ0n) is 20.0. The van der Waals surface area contributed by atoms with Gasteiger partial charge >= 0.3 is 12.1 Å². The minimum atomic E-state index is -4.69. The number of aromatic carboxylic acids is 1. The number of non-ortho nitro benzene ring substituents is 1. The van der Waals surface area contributed by atoms with E-state index in [4.69, 9.17) is 27.2 Å². The van der Waals surface area contributed by atoms with Crippen LogP contribution in [0.25, 0.3) is 22.6 Å². The van der Waals surface area contributed by atoms with Gasteiger partial charge in [-0.15, -0.1) is 5.69 Å². The molecule has 2 N–H and O–H groups in total. The zero-order chi connectivity index (χ0) is 29.0. The third-order valence-electron chi connectivity index (χ3n) is 5.16. The number of carboxylic acid groups (broad SMARTS) is 1. The van der Waals surface area contributed by atoms with Crippen LogP contribution in [0.15, 0.2) is 84.9 Å². The number of halogens is 4. The summed E-state index contributed by atoms with van der Waals surface area (Å²) in [7, 11) is 0. The van der Waals surface area contributed by atoms with Gasteiger partial charge in [-0.3, -0.25) is 10.1 Å². The van der Waals surface area contributed by atoms with Crippen LogP contribution in [-0.2, 0) is 6.18 Å². The molecule has 0 atom stereocenters. The number of fused-ring (bicyclic) bond motifs is 1. The normalized spacial score (nSPS) is 11.0. The monoisotopic (exact) mass is 570 g/mol. The van der Waals surface area contributed by atoms with E-state index in [1.165, 1.54) is 12.1 Å². The topological polar surface area (TPSA) is 144 Å². The Bertz CT molecular complexity index is 1690. The van der Waals surface area contributed by atoms with Crippen molar-refractivity contribution >= 4 is 34.6 Å². The molecule has 0 radical (unpaired) electrons. The van der Waals surface area contributed by atoms with Crippen molar-refractivity contribution in [3.8, 4) is 22.8 Å². The first-order valence-electron chi connectivity index (χ1n) is 11.1. The predicted octanol–water partition coefficient (Wildman–Crippen LogP) is 7.84. The maximum absolute atomic E-state index is 13.2. The van der Waals surface area contributed by atoms with Gasteiger partial charge in [0.2, 0.25) is 0 Å². The molecule has 204 valence electrons. The summed E-state index contributed by atoms with van der Waals surface area (Å²) >= 11 is 5.73. The smallest absolute Gasteiger partial charge is 0.433 e. The summed E-state index contributed by atoms with van der Waals surface area (Å²) < 4.78 is 45.5. The number of carboxylic acids is 1. The van der Waals surface area contributed by atoms with E-state index in [9.17, 15) is 28.1 Å². The maximum Gasteiger partial charge on any atom is 0.433 e. The highest BCUT2D eigenvalue weighted by molar-refractivity contribution is 6.30. The van der Waals surface area contributed by atoms with E-state index in [0.29, 0.717) is 20.9 Å². The third kappa shape index (κ3) is 6.63. The Morgan fingerprint density at radius 2 is 1.68 bits per heavy atom. The van der Waals surface area contributed by atoms with Gasteiger partial charge in [-0.1, -0.05) is 41.9 Å². The number of hydrogen-bond acceptors (Lipinski definition) is 6. The van der Waals surface area contributed by atoms with E-state index in [-0.39, 0.29) is 28.5 Å². The molecule has 40 heavy (non-hydrogen) atoms. The van der Waals surface area contributed by atoms with E-state index in [0.717, 1.165) is 18.2 Å². The standard InChI is InChI=1S/C14H8F3N3O2.C12H8ClN2O3/c15-14(16,17)11-6-9(8-4-2-1-3-5-8)18-12-7-10(13(21)22)19-20(11)12;13-8-1-3-11(4-2-8)18-12-6-9(14)5-10(7-12)15(16)17/h1-7H,(H,21,22);1-7,14H/q;-1. The maximum atomic E-state index is 13.2. The summed E-state index contributed by atoms with van der Waals surface area (Å²) in [5.41, 5.74) is 6.15. The van der Waals surface area contributed by atoms with Crippen molar-refractivity contribution in [1.29, 1.82) is 0 Å². The van der Waals surface area contributed by atoms with Crippen molar-refractivity contribution in [1.82, 2.24) is 14.6 Å². The molecule has 0 aliphatic carbocycles. The van der Waals surface area contributed by atoms with Gasteiger partial charge in [-0.05, 0) is 36.4 Å². The second-order valence-corrected chi connectivity index (χ2v) is 8.46. The van der Waals surface area contributed by atoms with E-state index in [1.54, 1.807) is 54.6 Å². The van der Waals surface area contributed by atoms with Gasteiger partial charge in [0.25, 0.3) is 5.69 Å². The lowest BCUT2D eigenvalue weighted by atomic mass is 10.1. The van der Waals surface area contributed by atoms with Crippen LogP contribution < -0.4 is 4.74 Å². The molecule has 0 aliphatic rings. The van der Waals surface area contributed by atoms with Crippen LogP contribution in [-0.4, -0.2) is 30.6 Å². The number of nitrogens with zero attached hydrogens (tertiary/aromatic N) is 4. The fourth-order valence-electron chi connectivity index (χ4n) is 3.42. The first kappa shape index (κ1) is 27.9. The number of aromatic nitrogens is 3. The number of nitrogens with one attached hydrogen (secondary N) is 1. The van der Waals surface area contributed by atoms with E-state index in [1.807, 2.05) is 0 Å². The number of hydrogen-bond donors (Lipinski definition) is 1. The van der Waals surface area contributed by atoms with Gasteiger partial charge in [0.05, 0.1) is 16.7 Å². The molecule has 10 nitrogen and oxygen atoms in total. The number of alkyl halides is 3. The van der Waals surface area contributed by atoms with Crippen LogP contribution in [0, 0.1) is 10.1 Å². The van der Waals surface area contributed by atoms with Gasteiger partial charge in [-0.2, -0.15) is 18.3 Å². The molecule has 0 saturated carbocycles. The molecule has 0 aliphatic heterocycles. The highest BCUT2D eigenvalue weighted by atomic mass is 35.5. The summed E-state index contributed by atoms with van der Waals surface area (Å²) in [6, 6.07) is 20.6. The van der Waals surface area contributed by atoms with Crippen molar-refractivity contribution in [2.24, 2.45) is 0 Å². The molecular weight excluding hydrogens is 555 g/mol. The number of ether oxygens (including phenoxy) is 1. The Kier molecular flexibility index (Phi) is 7.86. The molecule has 0 spiro atoms. The minimum Gasteiger partial charge on any atom is -0.698 e. The first-order chi connectivity index (χ1) is 18.9. The highest BCUT2D eigenvalue weighted by Crippen LogP contribution is 2.33. The summed E-state index contributed by atoms with van der Waals surface area (Å²) in [6.07, 6.45) is -4.69. The average Bonchev–Trinajstić information content (AvgIpc) is 3.34. The van der Waals surface area contributed by atoms with Gasteiger partial charge in [0, 0.05) is 22.7 Å². The summed E-state index contributed by atoms with van der Waals surface area (Å²) in [4.78, 5) is 25.1. The number of nitro benzene ring substituents is 1. The molecular formula is C26H16ClF3N5O5-. The Morgan fingerprint density at radius 1 is 1.00 bits per heavy atom. The fourth-order valence-corrected chi connectivity index (χ4v) is 3.55. The van der Waals surface area contributed by atoms with Crippen LogP contribution in [0.4, 0.5) is 24.5 Å². The van der Waals surface area contributed by atoms with Crippen LogP contribution in [0.5, 0.6) is 11.5 Å². The minimum absolute atomic E-state index is 0.0214. The van der Waals surface area contributed by atoms with Gasteiger partial charge in [-0.25, -0.2) is 14.3 Å². The third-order valence-corrected chi connectivity index (χ3v) is 5.41. The van der Waals surface area contributed by atoms with E-state index in [2.05, 4.69) is 10.1 Å². The lowest BCUT2D eigenvalue weighted by molar-refractivity contribution is -0.384. The Morgan fingerprint density at radius 3 is 2.27 bits per heavy atom. The van der Waals surface area contributed by atoms with E-state index >= 15 is 0 Å². The SMILES string of the molecule is O=C(O)c1cc2nc(-c3ccccc3)cc(C(F)(F)F)n2n1.[NH-]c1cc(Oc2ccc(Cl)cc2)cc([N+](=O)[O-])c1. The molecule has 0 fully saturated rings. The molecule has 3 aromatic carbocycles. The molecule has 5 aromatic rings. The predicted molar refractivity (Wildman–Crippen MR) is 139 cm³/mol. The molecule has 2 heterocycles. The summed E-state index contributed by atoms with van der Waals surface area (Å²) in [5.74, 6) is -0.671. The Balaban J connectivity index is 0.000000189. The molecule has 0 unspecified atom stereocenters. The molecule has 0 bridgehead atoms. The summed E-state index contributed by atoms with van der Waals surface area (Å²) in [5, 5.41) is 23.6. The second kappa shape index (κ2) is 11.3.